The van der Waals surface area contributed by atoms with Gasteiger partial charge in [-0.05, 0) is 18.6 Å². The highest BCUT2D eigenvalue weighted by atomic mass is 16.3. The predicted octanol–water partition coefficient (Wildman–Crippen LogP) is 1.77. The van der Waals surface area contributed by atoms with Gasteiger partial charge in [-0.3, -0.25) is 4.79 Å². The van der Waals surface area contributed by atoms with Crippen LogP contribution >= 0.6 is 0 Å². The van der Waals surface area contributed by atoms with Crippen molar-refractivity contribution in [2.75, 3.05) is 0 Å². The summed E-state index contributed by atoms with van der Waals surface area (Å²) < 4.78 is 1.92. The van der Waals surface area contributed by atoms with Gasteiger partial charge in [0.1, 0.15) is 0 Å². The molecule has 1 N–H and O–H groups in total. The first-order chi connectivity index (χ1) is 7.72. The third kappa shape index (κ3) is 1.99. The Morgan fingerprint density at radius 3 is 2.81 bits per heavy atom. The van der Waals surface area contributed by atoms with Crippen LogP contribution in [0.1, 0.15) is 13.3 Å². The summed E-state index contributed by atoms with van der Waals surface area (Å²) in [6.45, 7) is 2.46. The Balaban J connectivity index is 2.54. The molecule has 0 aliphatic rings. The molecule has 2 rings (SSSR count). The molecule has 0 saturated carbocycles. The molecule has 3 nitrogen and oxygen atoms in total. The number of aliphatic hydroxyl groups is 1. The van der Waals surface area contributed by atoms with Crippen LogP contribution in [0.5, 0.6) is 0 Å². The number of pyridine rings is 1. The maximum Gasteiger partial charge on any atom is 0.189 e. The maximum atomic E-state index is 11.6. The van der Waals surface area contributed by atoms with Crippen LogP contribution < -0.4 is 5.43 Å². The normalized spacial score (nSPS) is 12.9. The average Bonchev–Trinajstić information content (AvgIpc) is 2.33. The van der Waals surface area contributed by atoms with Crippen molar-refractivity contribution in [1.29, 1.82) is 0 Å². The quantitative estimate of drug-likeness (QED) is 0.851. The van der Waals surface area contributed by atoms with Crippen molar-refractivity contribution < 1.29 is 5.11 Å². The minimum Gasteiger partial charge on any atom is -0.391 e. The summed E-state index contributed by atoms with van der Waals surface area (Å²) in [6, 6.07) is 9.01. The third-order valence-corrected chi connectivity index (χ3v) is 2.76. The smallest absolute Gasteiger partial charge is 0.189 e. The van der Waals surface area contributed by atoms with Gasteiger partial charge in [-0.25, -0.2) is 0 Å². The van der Waals surface area contributed by atoms with Crippen LogP contribution in [-0.2, 0) is 6.54 Å². The number of hydrogen-bond donors (Lipinski definition) is 1. The summed E-state index contributed by atoms with van der Waals surface area (Å²) in [5.74, 6) is 0. The van der Waals surface area contributed by atoms with Crippen molar-refractivity contribution in [3.05, 3.63) is 46.8 Å². The molecule has 0 aliphatic heterocycles. The molecule has 0 fully saturated rings. The van der Waals surface area contributed by atoms with Gasteiger partial charge in [-0.2, -0.15) is 0 Å². The minimum atomic E-state index is -0.370. The molecule has 0 spiro atoms. The van der Waals surface area contributed by atoms with E-state index in [0.29, 0.717) is 18.4 Å². The van der Waals surface area contributed by atoms with Gasteiger partial charge in [0.15, 0.2) is 5.43 Å². The van der Waals surface area contributed by atoms with E-state index in [9.17, 15) is 9.90 Å². The van der Waals surface area contributed by atoms with Crippen molar-refractivity contribution in [2.24, 2.45) is 0 Å². The molecule has 1 heterocycles. The van der Waals surface area contributed by atoms with Crippen molar-refractivity contribution in [1.82, 2.24) is 4.57 Å². The first-order valence-corrected chi connectivity index (χ1v) is 5.48. The number of hydrogen-bond acceptors (Lipinski definition) is 2. The van der Waals surface area contributed by atoms with E-state index >= 15 is 0 Å². The van der Waals surface area contributed by atoms with Crippen LogP contribution in [0, 0.1) is 0 Å². The second-order valence-electron chi connectivity index (χ2n) is 3.91. The molecule has 0 saturated heterocycles. The van der Waals surface area contributed by atoms with E-state index in [1.165, 1.54) is 0 Å². The predicted molar refractivity (Wildman–Crippen MR) is 64.5 cm³/mol. The Hall–Kier alpha value is -1.61. The van der Waals surface area contributed by atoms with E-state index in [1.54, 1.807) is 12.3 Å². The molecule has 0 bridgehead atoms. The molecule has 0 amide bonds. The van der Waals surface area contributed by atoms with Crippen LogP contribution in [0.2, 0.25) is 0 Å². The van der Waals surface area contributed by atoms with Crippen LogP contribution in [-0.4, -0.2) is 15.8 Å². The Labute approximate surface area is 94.0 Å². The zero-order chi connectivity index (χ0) is 11.5. The SMILES string of the molecule is CCC(O)Cn1ccc(=O)c2ccccc21. The van der Waals surface area contributed by atoms with Crippen molar-refractivity contribution in [3.8, 4) is 0 Å². The highest BCUT2D eigenvalue weighted by molar-refractivity contribution is 5.78. The molecule has 84 valence electrons. The van der Waals surface area contributed by atoms with Crippen molar-refractivity contribution in [3.63, 3.8) is 0 Å². The molecule has 0 radical (unpaired) electrons. The van der Waals surface area contributed by atoms with Gasteiger partial charge < -0.3 is 9.67 Å². The zero-order valence-electron chi connectivity index (χ0n) is 9.26. The Morgan fingerprint density at radius 1 is 1.31 bits per heavy atom. The van der Waals surface area contributed by atoms with E-state index < -0.39 is 0 Å². The fraction of sp³-hybridized carbons (Fsp3) is 0.308. The molecule has 16 heavy (non-hydrogen) atoms. The van der Waals surface area contributed by atoms with Gasteiger partial charge in [-0.1, -0.05) is 19.1 Å². The molecule has 1 unspecified atom stereocenters. The van der Waals surface area contributed by atoms with Gasteiger partial charge in [0.2, 0.25) is 0 Å². The lowest BCUT2D eigenvalue weighted by molar-refractivity contribution is 0.151. The molecule has 3 heteroatoms. The van der Waals surface area contributed by atoms with Gasteiger partial charge >= 0.3 is 0 Å². The molecule has 2 aromatic rings. The summed E-state index contributed by atoms with van der Waals surface area (Å²) in [5, 5.41) is 10.3. The molecule has 1 aromatic heterocycles. The summed E-state index contributed by atoms with van der Waals surface area (Å²) in [6.07, 6.45) is 2.08. The van der Waals surface area contributed by atoms with E-state index in [2.05, 4.69) is 0 Å². The topological polar surface area (TPSA) is 42.2 Å². The molecular formula is C13H15NO2. The fourth-order valence-corrected chi connectivity index (χ4v) is 1.78. The Bertz CT molecular complexity index is 545. The first kappa shape index (κ1) is 10.9. The molecule has 1 aromatic carbocycles. The van der Waals surface area contributed by atoms with Crippen LogP contribution in [0.4, 0.5) is 0 Å². The standard InChI is InChI=1S/C13H15NO2/c1-2-10(15)9-14-8-7-13(16)11-5-3-4-6-12(11)14/h3-8,10,15H,2,9H2,1H3. The summed E-state index contributed by atoms with van der Waals surface area (Å²) in [7, 11) is 0. The summed E-state index contributed by atoms with van der Waals surface area (Å²) >= 11 is 0. The number of aliphatic hydroxyl groups excluding tert-OH is 1. The number of para-hydroxylation sites is 1. The zero-order valence-corrected chi connectivity index (χ0v) is 9.26. The lowest BCUT2D eigenvalue weighted by Crippen LogP contribution is -2.17. The van der Waals surface area contributed by atoms with Crippen LogP contribution in [0.3, 0.4) is 0 Å². The second-order valence-corrected chi connectivity index (χ2v) is 3.91. The largest absolute Gasteiger partial charge is 0.391 e. The minimum absolute atomic E-state index is 0.0258. The molecule has 1 atom stereocenters. The number of fused-ring (bicyclic) bond motifs is 1. The van der Waals surface area contributed by atoms with Gasteiger partial charge in [0, 0.05) is 24.2 Å². The average molecular weight is 217 g/mol. The highest BCUT2D eigenvalue weighted by Crippen LogP contribution is 2.10. The Kier molecular flexibility index (Phi) is 3.06. The highest BCUT2D eigenvalue weighted by Gasteiger charge is 2.05. The van der Waals surface area contributed by atoms with E-state index in [1.807, 2.05) is 35.8 Å². The Morgan fingerprint density at radius 2 is 2.06 bits per heavy atom. The van der Waals surface area contributed by atoms with Gasteiger partial charge in [0.25, 0.3) is 0 Å². The summed E-state index contributed by atoms with van der Waals surface area (Å²) in [5.41, 5.74) is 0.903. The number of aromatic nitrogens is 1. The van der Waals surface area contributed by atoms with Gasteiger partial charge in [0.05, 0.1) is 11.6 Å². The van der Waals surface area contributed by atoms with E-state index in [4.69, 9.17) is 0 Å². The van der Waals surface area contributed by atoms with Crippen LogP contribution in [0.15, 0.2) is 41.3 Å². The van der Waals surface area contributed by atoms with Crippen molar-refractivity contribution >= 4 is 10.9 Å². The second kappa shape index (κ2) is 4.49. The number of rotatable bonds is 3. The third-order valence-electron chi connectivity index (χ3n) is 2.76. The lowest BCUT2D eigenvalue weighted by atomic mass is 10.2. The van der Waals surface area contributed by atoms with E-state index in [-0.39, 0.29) is 11.5 Å². The molecular weight excluding hydrogens is 202 g/mol. The van der Waals surface area contributed by atoms with Gasteiger partial charge in [-0.15, -0.1) is 0 Å². The summed E-state index contributed by atoms with van der Waals surface area (Å²) in [4.78, 5) is 11.6. The lowest BCUT2D eigenvalue weighted by Gasteiger charge is -2.13. The molecule has 0 aliphatic carbocycles. The van der Waals surface area contributed by atoms with E-state index in [0.717, 1.165) is 5.52 Å². The number of nitrogens with zero attached hydrogens (tertiary/aromatic N) is 1. The number of benzene rings is 1. The monoisotopic (exact) mass is 217 g/mol. The first-order valence-electron chi connectivity index (χ1n) is 5.48. The van der Waals surface area contributed by atoms with Crippen molar-refractivity contribution in [2.45, 2.75) is 26.0 Å². The fourth-order valence-electron chi connectivity index (χ4n) is 1.78. The van der Waals surface area contributed by atoms with Crippen LogP contribution in [0.25, 0.3) is 10.9 Å². The maximum absolute atomic E-state index is 11.6.